The molecule has 0 spiro atoms. The standard InChI is InChI=1S/C14H19O/c1-3-12(2)8-7-11-14(15)13-9-5-4-6-10-13/h4-6,9-10,12H,2-3,7-8,11H2,1H3. The van der Waals surface area contributed by atoms with Crippen LogP contribution in [-0.4, -0.2) is 5.78 Å². The Kier molecular flexibility index (Phi) is 5.09. The van der Waals surface area contributed by atoms with Gasteiger partial charge >= 0.3 is 0 Å². The molecular formula is C14H19O. The first kappa shape index (κ1) is 12.0. The summed E-state index contributed by atoms with van der Waals surface area (Å²) in [5.74, 6) is 0.743. The molecule has 0 saturated heterocycles. The Morgan fingerprint density at radius 3 is 2.60 bits per heavy atom. The monoisotopic (exact) mass is 203 g/mol. The minimum absolute atomic E-state index is 0.249. The van der Waals surface area contributed by atoms with Gasteiger partial charge in [0.2, 0.25) is 0 Å². The van der Waals surface area contributed by atoms with E-state index in [2.05, 4.69) is 13.8 Å². The van der Waals surface area contributed by atoms with E-state index in [-0.39, 0.29) is 5.78 Å². The van der Waals surface area contributed by atoms with Crippen LogP contribution in [0.5, 0.6) is 0 Å². The summed E-state index contributed by atoms with van der Waals surface area (Å²) in [4.78, 5) is 11.7. The highest BCUT2D eigenvalue weighted by atomic mass is 16.1. The van der Waals surface area contributed by atoms with Crippen molar-refractivity contribution in [3.05, 3.63) is 42.8 Å². The molecule has 1 atom stereocenters. The molecule has 0 saturated carbocycles. The van der Waals surface area contributed by atoms with Gasteiger partial charge in [0.05, 0.1) is 0 Å². The van der Waals surface area contributed by atoms with Crippen LogP contribution in [-0.2, 0) is 0 Å². The van der Waals surface area contributed by atoms with Gasteiger partial charge in [-0.25, -0.2) is 0 Å². The second kappa shape index (κ2) is 6.39. The van der Waals surface area contributed by atoms with Crippen LogP contribution in [0.15, 0.2) is 30.3 Å². The Labute approximate surface area is 92.5 Å². The van der Waals surface area contributed by atoms with E-state index < -0.39 is 0 Å². The lowest BCUT2D eigenvalue weighted by Crippen LogP contribution is -2.00. The zero-order chi connectivity index (χ0) is 11.1. The third-order valence-corrected chi connectivity index (χ3v) is 2.69. The predicted octanol–water partition coefficient (Wildman–Crippen LogP) is 3.90. The van der Waals surface area contributed by atoms with Gasteiger partial charge < -0.3 is 0 Å². The number of hydrogen-bond acceptors (Lipinski definition) is 1. The molecule has 1 rings (SSSR count). The van der Waals surface area contributed by atoms with Gasteiger partial charge in [0.1, 0.15) is 0 Å². The molecule has 0 aromatic heterocycles. The molecule has 0 heterocycles. The Bertz CT molecular complexity index is 289. The number of benzene rings is 1. The average Bonchev–Trinajstić information content (AvgIpc) is 2.29. The quantitative estimate of drug-likeness (QED) is 0.641. The molecule has 81 valence electrons. The molecule has 1 radical (unpaired) electrons. The molecule has 0 bridgehead atoms. The molecule has 0 fully saturated rings. The first-order valence-electron chi connectivity index (χ1n) is 5.65. The summed E-state index contributed by atoms with van der Waals surface area (Å²) in [5, 5.41) is 0. The van der Waals surface area contributed by atoms with Crippen molar-refractivity contribution in [1.29, 1.82) is 0 Å². The largest absolute Gasteiger partial charge is 0.294 e. The maximum atomic E-state index is 11.7. The number of rotatable bonds is 6. The van der Waals surface area contributed by atoms with Crippen molar-refractivity contribution in [2.45, 2.75) is 32.6 Å². The van der Waals surface area contributed by atoms with Crippen molar-refractivity contribution < 1.29 is 4.79 Å². The summed E-state index contributed by atoms with van der Waals surface area (Å²) in [6, 6.07) is 9.50. The van der Waals surface area contributed by atoms with Gasteiger partial charge in [-0.1, -0.05) is 57.0 Å². The SMILES string of the molecule is [CH2]C(CC)CCCC(=O)c1ccccc1. The normalized spacial score (nSPS) is 12.4. The maximum absolute atomic E-state index is 11.7. The van der Waals surface area contributed by atoms with E-state index in [1.165, 1.54) is 0 Å². The first-order chi connectivity index (χ1) is 7.24. The van der Waals surface area contributed by atoms with Crippen LogP contribution in [0.2, 0.25) is 0 Å². The summed E-state index contributed by atoms with van der Waals surface area (Å²) in [5.41, 5.74) is 0.828. The molecule has 0 N–H and O–H groups in total. The Balaban J connectivity index is 2.31. The highest BCUT2D eigenvalue weighted by Crippen LogP contribution is 2.13. The molecule has 1 aromatic rings. The van der Waals surface area contributed by atoms with Crippen LogP contribution in [0, 0.1) is 12.8 Å². The van der Waals surface area contributed by atoms with E-state index in [0.29, 0.717) is 12.3 Å². The van der Waals surface area contributed by atoms with E-state index >= 15 is 0 Å². The molecular weight excluding hydrogens is 184 g/mol. The molecule has 0 aliphatic carbocycles. The molecule has 0 amide bonds. The summed E-state index contributed by atoms with van der Waals surface area (Å²) < 4.78 is 0. The van der Waals surface area contributed by atoms with Crippen LogP contribution < -0.4 is 0 Å². The fourth-order valence-corrected chi connectivity index (χ4v) is 1.52. The van der Waals surface area contributed by atoms with Crippen LogP contribution in [0.4, 0.5) is 0 Å². The van der Waals surface area contributed by atoms with E-state index in [1.54, 1.807) is 0 Å². The zero-order valence-corrected chi connectivity index (χ0v) is 9.41. The molecule has 1 aromatic carbocycles. The van der Waals surface area contributed by atoms with Crippen molar-refractivity contribution in [3.63, 3.8) is 0 Å². The summed E-state index contributed by atoms with van der Waals surface area (Å²) in [7, 11) is 0. The Morgan fingerprint density at radius 2 is 2.00 bits per heavy atom. The highest BCUT2D eigenvalue weighted by molar-refractivity contribution is 5.95. The molecule has 1 nitrogen and oxygen atoms in total. The molecule has 1 unspecified atom stereocenters. The smallest absolute Gasteiger partial charge is 0.162 e. The molecule has 0 aliphatic rings. The molecule has 1 heteroatoms. The number of carbonyl (C=O) groups excluding carboxylic acids is 1. The number of ketones is 1. The van der Waals surface area contributed by atoms with Gasteiger partial charge in [-0.3, -0.25) is 4.79 Å². The van der Waals surface area contributed by atoms with Gasteiger partial charge in [-0.2, -0.15) is 0 Å². The molecule has 15 heavy (non-hydrogen) atoms. The van der Waals surface area contributed by atoms with Crippen LogP contribution >= 0.6 is 0 Å². The third-order valence-electron chi connectivity index (χ3n) is 2.69. The second-order valence-electron chi connectivity index (χ2n) is 3.96. The van der Waals surface area contributed by atoms with Gasteiger partial charge in [-0.15, -0.1) is 0 Å². The van der Waals surface area contributed by atoms with E-state index in [4.69, 9.17) is 0 Å². The number of Topliss-reactive ketones (excluding diaryl/α,β-unsaturated/α-hetero) is 1. The lowest BCUT2D eigenvalue weighted by molar-refractivity contribution is 0.0978. The van der Waals surface area contributed by atoms with Gasteiger partial charge in [0, 0.05) is 12.0 Å². The average molecular weight is 203 g/mol. The third kappa shape index (κ3) is 4.28. The lowest BCUT2D eigenvalue weighted by atomic mass is 9.99. The number of hydrogen-bond donors (Lipinski definition) is 0. The van der Waals surface area contributed by atoms with Gasteiger partial charge in [0.15, 0.2) is 5.78 Å². The maximum Gasteiger partial charge on any atom is 0.162 e. The number of carbonyl (C=O) groups is 1. The Hall–Kier alpha value is -1.11. The summed E-state index contributed by atoms with van der Waals surface area (Å²) >= 11 is 0. The topological polar surface area (TPSA) is 17.1 Å². The minimum Gasteiger partial charge on any atom is -0.294 e. The predicted molar refractivity (Wildman–Crippen MR) is 63.8 cm³/mol. The van der Waals surface area contributed by atoms with Crippen LogP contribution in [0.3, 0.4) is 0 Å². The van der Waals surface area contributed by atoms with E-state index in [1.807, 2.05) is 30.3 Å². The fourth-order valence-electron chi connectivity index (χ4n) is 1.52. The summed E-state index contributed by atoms with van der Waals surface area (Å²) in [6.45, 7) is 6.15. The van der Waals surface area contributed by atoms with Crippen LogP contribution in [0.25, 0.3) is 0 Å². The van der Waals surface area contributed by atoms with E-state index in [9.17, 15) is 4.79 Å². The van der Waals surface area contributed by atoms with Crippen molar-refractivity contribution >= 4 is 5.78 Å². The van der Waals surface area contributed by atoms with Crippen molar-refractivity contribution in [3.8, 4) is 0 Å². The fraction of sp³-hybridized carbons (Fsp3) is 0.429. The lowest BCUT2D eigenvalue weighted by Gasteiger charge is -2.06. The van der Waals surface area contributed by atoms with Gasteiger partial charge in [0.25, 0.3) is 0 Å². The van der Waals surface area contributed by atoms with Crippen molar-refractivity contribution in [2.75, 3.05) is 0 Å². The zero-order valence-electron chi connectivity index (χ0n) is 9.41. The second-order valence-corrected chi connectivity index (χ2v) is 3.96. The summed E-state index contributed by atoms with van der Waals surface area (Å²) in [6.07, 6.45) is 3.75. The Morgan fingerprint density at radius 1 is 1.33 bits per heavy atom. The van der Waals surface area contributed by atoms with Crippen molar-refractivity contribution in [1.82, 2.24) is 0 Å². The van der Waals surface area contributed by atoms with E-state index in [0.717, 1.165) is 24.8 Å². The first-order valence-corrected chi connectivity index (χ1v) is 5.65. The minimum atomic E-state index is 0.249. The highest BCUT2D eigenvalue weighted by Gasteiger charge is 2.05. The van der Waals surface area contributed by atoms with Crippen LogP contribution in [0.1, 0.15) is 43.0 Å². The van der Waals surface area contributed by atoms with Gasteiger partial charge in [-0.05, 0) is 12.3 Å². The molecule has 0 aliphatic heterocycles. The van der Waals surface area contributed by atoms with Crippen molar-refractivity contribution in [2.24, 2.45) is 5.92 Å².